The first-order valence-electron chi connectivity index (χ1n) is 5.59. The SMILES string of the molecule is Cc1nn(C)cc1C(O)Cc1ccc(Br)cc1Cl. The van der Waals surface area contributed by atoms with E-state index >= 15 is 0 Å². The van der Waals surface area contributed by atoms with E-state index in [0.29, 0.717) is 11.4 Å². The van der Waals surface area contributed by atoms with E-state index in [9.17, 15) is 5.11 Å². The van der Waals surface area contributed by atoms with Crippen LogP contribution in [0.1, 0.15) is 22.9 Å². The Morgan fingerprint density at radius 1 is 1.50 bits per heavy atom. The fourth-order valence-electron chi connectivity index (χ4n) is 1.95. The summed E-state index contributed by atoms with van der Waals surface area (Å²) in [6.07, 6.45) is 1.74. The van der Waals surface area contributed by atoms with Gasteiger partial charge in [0, 0.05) is 34.7 Å². The summed E-state index contributed by atoms with van der Waals surface area (Å²) in [6, 6.07) is 5.67. The number of aliphatic hydroxyl groups is 1. The van der Waals surface area contributed by atoms with Gasteiger partial charge in [-0.2, -0.15) is 5.10 Å². The number of hydrogen-bond donors (Lipinski definition) is 1. The molecule has 0 aliphatic heterocycles. The number of aryl methyl sites for hydroxylation is 2. The van der Waals surface area contributed by atoms with Crippen molar-refractivity contribution in [2.75, 3.05) is 0 Å². The Kier molecular flexibility index (Phi) is 4.10. The van der Waals surface area contributed by atoms with Crippen LogP contribution in [0.3, 0.4) is 0 Å². The highest BCUT2D eigenvalue weighted by Crippen LogP contribution is 2.27. The summed E-state index contributed by atoms with van der Waals surface area (Å²) in [6.45, 7) is 1.89. The maximum absolute atomic E-state index is 10.2. The van der Waals surface area contributed by atoms with Crippen molar-refractivity contribution in [3.8, 4) is 0 Å². The van der Waals surface area contributed by atoms with Gasteiger partial charge in [-0.1, -0.05) is 33.6 Å². The molecule has 18 heavy (non-hydrogen) atoms. The summed E-state index contributed by atoms with van der Waals surface area (Å²) in [7, 11) is 1.84. The normalized spacial score (nSPS) is 12.7. The molecule has 0 amide bonds. The molecule has 0 radical (unpaired) electrons. The Hall–Kier alpha value is -0.840. The molecule has 0 saturated carbocycles. The molecule has 1 atom stereocenters. The summed E-state index contributed by atoms with van der Waals surface area (Å²) in [5, 5.41) is 15.1. The van der Waals surface area contributed by atoms with E-state index in [2.05, 4.69) is 21.0 Å². The van der Waals surface area contributed by atoms with Crippen molar-refractivity contribution in [1.29, 1.82) is 0 Å². The minimum absolute atomic E-state index is 0.485. The highest BCUT2D eigenvalue weighted by atomic mass is 79.9. The maximum atomic E-state index is 10.2. The molecule has 1 unspecified atom stereocenters. The van der Waals surface area contributed by atoms with Crippen LogP contribution in [-0.4, -0.2) is 14.9 Å². The minimum Gasteiger partial charge on any atom is -0.388 e. The third kappa shape index (κ3) is 2.94. The number of hydrogen-bond acceptors (Lipinski definition) is 2. The zero-order valence-corrected chi connectivity index (χ0v) is 12.5. The van der Waals surface area contributed by atoms with E-state index in [4.69, 9.17) is 11.6 Å². The third-order valence-corrected chi connectivity index (χ3v) is 3.68. The van der Waals surface area contributed by atoms with E-state index in [0.717, 1.165) is 21.3 Å². The Bertz CT molecular complexity index is 568. The van der Waals surface area contributed by atoms with Gasteiger partial charge in [-0.3, -0.25) is 4.68 Å². The highest BCUT2D eigenvalue weighted by molar-refractivity contribution is 9.10. The standard InChI is InChI=1S/C13H14BrClN2O/c1-8-11(7-17(2)16-8)13(18)5-9-3-4-10(14)6-12(9)15/h3-4,6-7,13,18H,5H2,1-2H3. The lowest BCUT2D eigenvalue weighted by Gasteiger charge is -2.11. The summed E-state index contributed by atoms with van der Waals surface area (Å²) in [4.78, 5) is 0. The van der Waals surface area contributed by atoms with Crippen LogP contribution in [0.15, 0.2) is 28.9 Å². The van der Waals surface area contributed by atoms with Crippen molar-refractivity contribution in [2.24, 2.45) is 7.05 Å². The first-order valence-corrected chi connectivity index (χ1v) is 6.76. The quantitative estimate of drug-likeness (QED) is 0.937. The lowest BCUT2D eigenvalue weighted by Crippen LogP contribution is -2.03. The number of nitrogens with zero attached hydrogens (tertiary/aromatic N) is 2. The van der Waals surface area contributed by atoms with Gasteiger partial charge < -0.3 is 5.11 Å². The molecule has 0 spiro atoms. The van der Waals surface area contributed by atoms with Gasteiger partial charge >= 0.3 is 0 Å². The van der Waals surface area contributed by atoms with Crippen LogP contribution >= 0.6 is 27.5 Å². The van der Waals surface area contributed by atoms with Crippen LogP contribution in [-0.2, 0) is 13.5 Å². The van der Waals surface area contributed by atoms with Crippen molar-refractivity contribution in [3.63, 3.8) is 0 Å². The molecule has 1 aromatic carbocycles. The Morgan fingerprint density at radius 3 is 2.78 bits per heavy atom. The van der Waals surface area contributed by atoms with Crippen LogP contribution in [0.5, 0.6) is 0 Å². The second-order valence-electron chi connectivity index (χ2n) is 4.30. The van der Waals surface area contributed by atoms with E-state index < -0.39 is 6.10 Å². The number of aromatic nitrogens is 2. The molecule has 0 saturated heterocycles. The zero-order chi connectivity index (χ0) is 13.3. The van der Waals surface area contributed by atoms with Gasteiger partial charge in [-0.15, -0.1) is 0 Å². The van der Waals surface area contributed by atoms with E-state index in [1.54, 1.807) is 4.68 Å². The largest absolute Gasteiger partial charge is 0.388 e. The molecule has 2 aromatic rings. The monoisotopic (exact) mass is 328 g/mol. The Balaban J connectivity index is 2.21. The smallest absolute Gasteiger partial charge is 0.0864 e. The average molecular weight is 330 g/mol. The van der Waals surface area contributed by atoms with Gasteiger partial charge in [0.15, 0.2) is 0 Å². The first-order chi connectivity index (χ1) is 8.47. The van der Waals surface area contributed by atoms with Crippen LogP contribution in [0.4, 0.5) is 0 Å². The van der Waals surface area contributed by atoms with Crippen LogP contribution in [0.25, 0.3) is 0 Å². The van der Waals surface area contributed by atoms with E-state index in [-0.39, 0.29) is 0 Å². The molecular formula is C13H14BrClN2O. The maximum Gasteiger partial charge on any atom is 0.0864 e. The van der Waals surface area contributed by atoms with Crippen molar-refractivity contribution in [2.45, 2.75) is 19.4 Å². The highest BCUT2D eigenvalue weighted by Gasteiger charge is 2.15. The molecule has 0 aliphatic carbocycles. The van der Waals surface area contributed by atoms with Gasteiger partial charge in [-0.25, -0.2) is 0 Å². The topological polar surface area (TPSA) is 38.0 Å². The van der Waals surface area contributed by atoms with Crippen LogP contribution < -0.4 is 0 Å². The summed E-state index contributed by atoms with van der Waals surface area (Å²) in [5.41, 5.74) is 2.62. The molecule has 96 valence electrons. The van der Waals surface area contributed by atoms with E-state index in [1.807, 2.05) is 38.4 Å². The fourth-order valence-corrected chi connectivity index (χ4v) is 2.70. The second-order valence-corrected chi connectivity index (χ2v) is 5.62. The lowest BCUT2D eigenvalue weighted by atomic mass is 10.0. The first kappa shape index (κ1) is 13.6. The fraction of sp³-hybridized carbons (Fsp3) is 0.308. The van der Waals surface area contributed by atoms with Crippen molar-refractivity contribution >= 4 is 27.5 Å². The number of aliphatic hydroxyl groups excluding tert-OH is 1. The van der Waals surface area contributed by atoms with Crippen LogP contribution in [0.2, 0.25) is 5.02 Å². The van der Waals surface area contributed by atoms with Crippen molar-refractivity contribution in [1.82, 2.24) is 9.78 Å². The average Bonchev–Trinajstić information content (AvgIpc) is 2.62. The van der Waals surface area contributed by atoms with Crippen molar-refractivity contribution < 1.29 is 5.11 Å². The number of benzene rings is 1. The molecular weight excluding hydrogens is 316 g/mol. The summed E-state index contributed by atoms with van der Waals surface area (Å²) in [5.74, 6) is 0. The molecule has 2 rings (SSSR count). The van der Waals surface area contributed by atoms with Gasteiger partial charge in [0.05, 0.1) is 11.8 Å². The van der Waals surface area contributed by atoms with Gasteiger partial charge in [0.25, 0.3) is 0 Å². The summed E-state index contributed by atoms with van der Waals surface area (Å²) >= 11 is 9.51. The molecule has 0 fully saturated rings. The lowest BCUT2D eigenvalue weighted by molar-refractivity contribution is 0.177. The van der Waals surface area contributed by atoms with Gasteiger partial charge in [-0.05, 0) is 24.6 Å². The molecule has 5 heteroatoms. The zero-order valence-electron chi connectivity index (χ0n) is 10.2. The molecule has 1 aromatic heterocycles. The number of halogens is 2. The van der Waals surface area contributed by atoms with Gasteiger partial charge in [0.2, 0.25) is 0 Å². The molecule has 3 nitrogen and oxygen atoms in total. The predicted molar refractivity (Wildman–Crippen MR) is 75.8 cm³/mol. The summed E-state index contributed by atoms with van der Waals surface area (Å²) < 4.78 is 2.64. The predicted octanol–water partition coefficient (Wildman–Crippen LogP) is 3.42. The van der Waals surface area contributed by atoms with E-state index in [1.165, 1.54) is 0 Å². The minimum atomic E-state index is -0.586. The third-order valence-electron chi connectivity index (χ3n) is 2.84. The Labute approximate surface area is 120 Å². The number of rotatable bonds is 3. The molecule has 1 N–H and O–H groups in total. The second kappa shape index (κ2) is 5.43. The molecule has 0 aliphatic rings. The van der Waals surface area contributed by atoms with Gasteiger partial charge in [0.1, 0.15) is 0 Å². The Morgan fingerprint density at radius 2 is 2.22 bits per heavy atom. The molecule has 0 bridgehead atoms. The van der Waals surface area contributed by atoms with Crippen LogP contribution in [0, 0.1) is 6.92 Å². The van der Waals surface area contributed by atoms with Crippen molar-refractivity contribution in [3.05, 3.63) is 50.7 Å². The molecule has 1 heterocycles.